The zero-order valence-electron chi connectivity index (χ0n) is 8.43. The minimum atomic E-state index is 0.705. The molecule has 3 heteroatoms. The van der Waals surface area contributed by atoms with Crippen molar-refractivity contribution in [2.75, 3.05) is 37.8 Å². The molecule has 0 saturated carbocycles. The minimum Gasteiger partial charge on any atom is -0.306 e. The van der Waals surface area contributed by atoms with E-state index < -0.39 is 0 Å². The summed E-state index contributed by atoms with van der Waals surface area (Å²) >= 11 is 2.48. The van der Waals surface area contributed by atoms with E-state index in [9.17, 15) is 0 Å². The van der Waals surface area contributed by atoms with Crippen molar-refractivity contribution in [3.63, 3.8) is 0 Å². The highest BCUT2D eigenvalue weighted by Gasteiger charge is 2.38. The number of alkyl halides is 1. The molecule has 0 bridgehead atoms. The molecule has 0 N–H and O–H groups in total. The molecule has 2 aliphatic rings. The first-order valence-electron chi connectivity index (χ1n) is 5.21. The standard InChI is InChI=1S/C10H19IN2/c1-12-5-2-10(8-12)3-6-13(9-11)7-4-10/h2-9H2,1H3. The van der Waals surface area contributed by atoms with Crippen LogP contribution in [0.2, 0.25) is 0 Å². The Kier molecular flexibility index (Phi) is 3.15. The van der Waals surface area contributed by atoms with E-state index in [0.29, 0.717) is 5.41 Å². The van der Waals surface area contributed by atoms with Crippen molar-refractivity contribution in [1.82, 2.24) is 9.80 Å². The number of nitrogens with zero attached hydrogens (tertiary/aromatic N) is 2. The molecular weight excluding hydrogens is 275 g/mol. The first-order chi connectivity index (χ1) is 6.24. The molecule has 76 valence electrons. The lowest BCUT2D eigenvalue weighted by molar-refractivity contribution is 0.128. The summed E-state index contributed by atoms with van der Waals surface area (Å²) in [6.07, 6.45) is 4.30. The first-order valence-corrected chi connectivity index (χ1v) is 6.74. The predicted molar refractivity (Wildman–Crippen MR) is 64.2 cm³/mol. The van der Waals surface area contributed by atoms with Gasteiger partial charge in [0.15, 0.2) is 0 Å². The Hall–Kier alpha value is 0.650. The second-order valence-electron chi connectivity index (χ2n) is 4.73. The zero-order valence-corrected chi connectivity index (χ0v) is 10.6. The maximum atomic E-state index is 2.57. The van der Waals surface area contributed by atoms with Crippen LogP contribution in [-0.4, -0.2) is 47.6 Å². The number of piperidine rings is 1. The SMILES string of the molecule is CN1CCC2(CCN(CI)CC2)C1. The van der Waals surface area contributed by atoms with Gasteiger partial charge in [0.25, 0.3) is 0 Å². The van der Waals surface area contributed by atoms with Crippen LogP contribution in [0.3, 0.4) is 0 Å². The number of likely N-dealkylation sites (tertiary alicyclic amines) is 2. The predicted octanol–water partition coefficient (Wildman–Crippen LogP) is 1.80. The Labute approximate surface area is 94.8 Å². The summed E-state index contributed by atoms with van der Waals surface area (Å²) in [4.78, 5) is 5.07. The number of halogens is 1. The highest BCUT2D eigenvalue weighted by atomic mass is 127. The maximum Gasteiger partial charge on any atom is 0.0505 e. The van der Waals surface area contributed by atoms with Gasteiger partial charge in [-0.3, -0.25) is 4.90 Å². The molecule has 0 amide bonds. The highest BCUT2D eigenvalue weighted by molar-refractivity contribution is 14.1. The van der Waals surface area contributed by atoms with Gasteiger partial charge in [-0.25, -0.2) is 0 Å². The number of rotatable bonds is 1. The van der Waals surface area contributed by atoms with Crippen LogP contribution in [0.1, 0.15) is 19.3 Å². The molecule has 0 aromatic heterocycles. The molecule has 13 heavy (non-hydrogen) atoms. The third kappa shape index (κ3) is 2.18. The van der Waals surface area contributed by atoms with Gasteiger partial charge in [0.05, 0.1) is 4.55 Å². The highest BCUT2D eigenvalue weighted by Crippen LogP contribution is 2.39. The summed E-state index contributed by atoms with van der Waals surface area (Å²) in [6.45, 7) is 5.33. The van der Waals surface area contributed by atoms with Gasteiger partial charge in [-0.05, 0) is 51.4 Å². The molecule has 1 spiro atoms. The third-order valence-corrected chi connectivity index (χ3v) is 4.68. The average molecular weight is 294 g/mol. The van der Waals surface area contributed by atoms with E-state index in [0.717, 1.165) is 0 Å². The van der Waals surface area contributed by atoms with Crippen molar-refractivity contribution in [3.8, 4) is 0 Å². The summed E-state index contributed by atoms with van der Waals surface area (Å²) in [5.74, 6) is 0. The van der Waals surface area contributed by atoms with Crippen molar-refractivity contribution in [2.24, 2.45) is 5.41 Å². The third-order valence-electron chi connectivity index (χ3n) is 3.71. The number of hydrogen-bond donors (Lipinski definition) is 0. The van der Waals surface area contributed by atoms with E-state index in [1.807, 2.05) is 0 Å². The summed E-state index contributed by atoms with van der Waals surface area (Å²) in [5, 5.41) is 0. The van der Waals surface area contributed by atoms with Gasteiger partial charge in [-0.15, -0.1) is 0 Å². The minimum absolute atomic E-state index is 0.705. The average Bonchev–Trinajstić information content (AvgIpc) is 2.49. The Morgan fingerprint density at radius 3 is 2.23 bits per heavy atom. The van der Waals surface area contributed by atoms with Crippen LogP contribution in [0.25, 0.3) is 0 Å². The molecule has 0 atom stereocenters. The van der Waals surface area contributed by atoms with Gasteiger partial charge in [0.2, 0.25) is 0 Å². The molecule has 2 rings (SSSR count). The molecule has 2 heterocycles. The van der Waals surface area contributed by atoms with Crippen molar-refractivity contribution >= 4 is 22.6 Å². The van der Waals surface area contributed by atoms with Crippen LogP contribution in [0, 0.1) is 5.41 Å². The Balaban J connectivity index is 1.90. The first kappa shape index (κ1) is 10.2. The van der Waals surface area contributed by atoms with Crippen molar-refractivity contribution in [3.05, 3.63) is 0 Å². The molecule has 2 aliphatic heterocycles. The molecule has 0 aromatic carbocycles. The molecular formula is C10H19IN2. The van der Waals surface area contributed by atoms with Gasteiger partial charge < -0.3 is 4.90 Å². The number of hydrogen-bond acceptors (Lipinski definition) is 2. The van der Waals surface area contributed by atoms with E-state index >= 15 is 0 Å². The molecule has 0 unspecified atom stereocenters. The summed E-state index contributed by atoms with van der Waals surface area (Å²) < 4.78 is 1.21. The second kappa shape index (κ2) is 4.03. The Morgan fingerprint density at radius 1 is 1.15 bits per heavy atom. The van der Waals surface area contributed by atoms with E-state index in [1.165, 1.54) is 50.0 Å². The summed E-state index contributed by atoms with van der Waals surface area (Å²) in [6, 6.07) is 0. The van der Waals surface area contributed by atoms with Crippen molar-refractivity contribution in [2.45, 2.75) is 19.3 Å². The zero-order chi connectivity index (χ0) is 9.31. The van der Waals surface area contributed by atoms with E-state index in [4.69, 9.17) is 0 Å². The lowest BCUT2D eigenvalue weighted by atomic mass is 9.78. The van der Waals surface area contributed by atoms with Crippen molar-refractivity contribution in [1.29, 1.82) is 0 Å². The largest absolute Gasteiger partial charge is 0.306 e. The molecule has 0 aliphatic carbocycles. The molecule has 2 nitrogen and oxygen atoms in total. The maximum absolute atomic E-state index is 2.57. The van der Waals surface area contributed by atoms with Gasteiger partial charge in [0, 0.05) is 6.54 Å². The van der Waals surface area contributed by atoms with Crippen LogP contribution in [0.15, 0.2) is 0 Å². The smallest absolute Gasteiger partial charge is 0.0505 e. The molecule has 2 saturated heterocycles. The van der Waals surface area contributed by atoms with Crippen LogP contribution in [0.5, 0.6) is 0 Å². The van der Waals surface area contributed by atoms with Gasteiger partial charge in [0.1, 0.15) is 0 Å². The van der Waals surface area contributed by atoms with Gasteiger partial charge in [-0.2, -0.15) is 0 Å². The van der Waals surface area contributed by atoms with Gasteiger partial charge in [-0.1, -0.05) is 22.6 Å². The monoisotopic (exact) mass is 294 g/mol. The van der Waals surface area contributed by atoms with Crippen LogP contribution < -0.4 is 0 Å². The lowest BCUT2D eigenvalue weighted by Crippen LogP contribution is -2.40. The summed E-state index contributed by atoms with van der Waals surface area (Å²) in [5.41, 5.74) is 0.705. The summed E-state index contributed by atoms with van der Waals surface area (Å²) in [7, 11) is 2.26. The van der Waals surface area contributed by atoms with E-state index in [2.05, 4.69) is 39.4 Å². The fraction of sp³-hybridized carbons (Fsp3) is 1.00. The van der Waals surface area contributed by atoms with Crippen LogP contribution >= 0.6 is 22.6 Å². The lowest BCUT2D eigenvalue weighted by Gasteiger charge is -2.38. The molecule has 0 radical (unpaired) electrons. The normalized spacial score (nSPS) is 30.0. The van der Waals surface area contributed by atoms with Crippen molar-refractivity contribution < 1.29 is 0 Å². The molecule has 0 aromatic rings. The van der Waals surface area contributed by atoms with E-state index in [1.54, 1.807) is 0 Å². The van der Waals surface area contributed by atoms with Crippen LogP contribution in [-0.2, 0) is 0 Å². The molecule has 2 fully saturated rings. The van der Waals surface area contributed by atoms with Crippen LogP contribution in [0.4, 0.5) is 0 Å². The Bertz CT molecular complexity index is 176. The second-order valence-corrected chi connectivity index (χ2v) is 5.41. The van der Waals surface area contributed by atoms with E-state index in [-0.39, 0.29) is 0 Å². The fourth-order valence-electron chi connectivity index (χ4n) is 2.71. The quantitative estimate of drug-likeness (QED) is 0.413. The van der Waals surface area contributed by atoms with Gasteiger partial charge >= 0.3 is 0 Å². The topological polar surface area (TPSA) is 6.48 Å². The fourth-order valence-corrected chi connectivity index (χ4v) is 3.40. The Morgan fingerprint density at radius 2 is 1.77 bits per heavy atom.